The third kappa shape index (κ3) is 15.2. The molecule has 0 heterocycles. The average molecular weight is 264 g/mol. The molecule has 0 amide bonds. The zero-order chi connectivity index (χ0) is 8.74. The molecule has 8 heteroatoms. The Morgan fingerprint density at radius 3 is 1.57 bits per heavy atom. The number of nitrogens with one attached hydrogen (secondary N) is 2. The fraction of sp³-hybridized carbons (Fsp3) is 1.00. The van der Waals surface area contributed by atoms with Crippen molar-refractivity contribution in [2.75, 3.05) is 24.8 Å². The second-order valence-electron chi connectivity index (χ2n) is 1.77. The highest BCUT2D eigenvalue weighted by Crippen LogP contribution is 2.28. The summed E-state index contributed by atoms with van der Waals surface area (Å²) in [6.45, 7) is 0.592. The van der Waals surface area contributed by atoms with Crippen molar-refractivity contribution in [1.82, 2.24) is 10.2 Å². The van der Waals surface area contributed by atoms with Gasteiger partial charge in [-0.3, -0.25) is 4.57 Å². The highest BCUT2D eigenvalue weighted by Gasteiger charge is 2.14. The molecule has 0 aliphatic carbocycles. The van der Waals surface area contributed by atoms with E-state index in [-0.39, 0.29) is 23.3 Å². The lowest BCUT2D eigenvalue weighted by Gasteiger charge is -2.11. The summed E-state index contributed by atoms with van der Waals surface area (Å²) in [6, 6.07) is 0. The number of halogens is 2. The van der Waals surface area contributed by atoms with Gasteiger partial charge in [-0.05, 0) is 0 Å². The van der Waals surface area contributed by atoms with Crippen LogP contribution < -0.4 is 10.2 Å². The molecule has 0 aliphatic rings. The highest BCUT2D eigenvalue weighted by molar-refractivity contribution is 7.53. The second-order valence-corrected chi connectivity index (χ2v) is 4.31. The summed E-state index contributed by atoms with van der Waals surface area (Å²) in [5.74, 6) is 0.597. The topological polar surface area (TPSA) is 61.4 Å². The third-order valence-electron chi connectivity index (χ3n) is 0.841. The second kappa shape index (κ2) is 13.8. The summed E-state index contributed by atoms with van der Waals surface area (Å²) >= 11 is 10.6. The molecule has 0 aromatic heterocycles. The van der Waals surface area contributed by atoms with E-state index in [1.807, 2.05) is 0 Å². The van der Waals surface area contributed by atoms with E-state index < -0.39 is 7.67 Å². The molecule has 3 radical (unpaired) electrons. The Hall–Kier alpha value is 0.755. The lowest BCUT2D eigenvalue weighted by molar-refractivity contribution is 0.451. The van der Waals surface area contributed by atoms with Gasteiger partial charge in [-0.1, -0.05) is 14.9 Å². The molecule has 14 heavy (non-hydrogen) atoms. The van der Waals surface area contributed by atoms with Gasteiger partial charge < -0.3 is 4.89 Å². The van der Waals surface area contributed by atoms with Crippen LogP contribution >= 0.6 is 30.9 Å². The first-order chi connectivity index (χ1) is 5.12. The van der Waals surface area contributed by atoms with Gasteiger partial charge in [0.15, 0.2) is 0 Å². The van der Waals surface area contributed by atoms with Gasteiger partial charge in [0.25, 0.3) is 0 Å². The number of rotatable bonds is 6. The van der Waals surface area contributed by atoms with Crippen LogP contribution in [0.2, 0.25) is 0 Å². The molecular formula is C6H19BCl2N2O2P. The predicted molar refractivity (Wildman–Crippen MR) is 66.5 cm³/mol. The molecule has 4 nitrogen and oxygen atoms in total. The molecule has 0 aliphatic heterocycles. The van der Waals surface area contributed by atoms with Crippen molar-refractivity contribution in [2.45, 2.75) is 14.9 Å². The van der Waals surface area contributed by atoms with Gasteiger partial charge in [0.05, 0.1) is 0 Å². The zero-order valence-electron chi connectivity index (χ0n) is 6.46. The van der Waals surface area contributed by atoms with Crippen LogP contribution in [-0.2, 0) is 4.57 Å². The summed E-state index contributed by atoms with van der Waals surface area (Å²) in [5, 5.41) is 4.71. The molecule has 0 bridgehead atoms. The van der Waals surface area contributed by atoms with Crippen molar-refractivity contribution in [2.24, 2.45) is 0 Å². The van der Waals surface area contributed by atoms with Gasteiger partial charge in [0.1, 0.15) is 0 Å². The van der Waals surface area contributed by atoms with Crippen LogP contribution in [0.3, 0.4) is 0 Å². The van der Waals surface area contributed by atoms with Gasteiger partial charge in [-0.15, -0.1) is 23.2 Å². The Kier molecular flexibility index (Phi) is 23.7. The van der Waals surface area contributed by atoms with Crippen molar-refractivity contribution < 1.29 is 9.46 Å². The molecule has 0 unspecified atom stereocenters. The quantitative estimate of drug-likeness (QED) is 0.387. The summed E-state index contributed by atoms with van der Waals surface area (Å²) in [5.41, 5.74) is 0. The van der Waals surface area contributed by atoms with Crippen molar-refractivity contribution in [3.05, 3.63) is 0 Å². The summed E-state index contributed by atoms with van der Waals surface area (Å²) in [7, 11) is -3.39. The summed E-state index contributed by atoms with van der Waals surface area (Å²) in [4.78, 5) is 8.99. The predicted octanol–water partition coefficient (Wildman–Crippen LogP) is 1.64. The largest absolute Gasteiger partial charge is 0.338 e. The maximum absolute atomic E-state index is 10.9. The SMILES string of the molecule is C.C.O=P(O)(NCCCl)NCCCl.[B]. The minimum absolute atomic E-state index is 0. The molecule has 3 N–H and O–H groups in total. The van der Waals surface area contributed by atoms with Crippen LogP contribution in [0.4, 0.5) is 0 Å². The molecule has 0 saturated heterocycles. The van der Waals surface area contributed by atoms with E-state index in [9.17, 15) is 4.57 Å². The van der Waals surface area contributed by atoms with E-state index in [4.69, 9.17) is 28.1 Å². The highest BCUT2D eigenvalue weighted by atomic mass is 35.5. The maximum Gasteiger partial charge on any atom is 0.338 e. The van der Waals surface area contributed by atoms with E-state index in [0.29, 0.717) is 24.8 Å². The van der Waals surface area contributed by atoms with Crippen LogP contribution in [0, 0.1) is 0 Å². The van der Waals surface area contributed by atoms with Gasteiger partial charge in [-0.25, -0.2) is 10.2 Å². The molecule has 0 rings (SSSR count). The van der Waals surface area contributed by atoms with Crippen molar-refractivity contribution >= 4 is 39.3 Å². The van der Waals surface area contributed by atoms with Crippen molar-refractivity contribution in [3.8, 4) is 0 Å². The molecule has 87 valence electrons. The lowest BCUT2D eigenvalue weighted by atomic mass is 10.8. The first kappa shape index (κ1) is 24.1. The molecule has 0 atom stereocenters. The van der Waals surface area contributed by atoms with Crippen molar-refractivity contribution in [1.29, 1.82) is 0 Å². The molecule has 0 aromatic carbocycles. The molecule has 0 fully saturated rings. The van der Waals surface area contributed by atoms with Gasteiger partial charge >= 0.3 is 7.67 Å². The van der Waals surface area contributed by atoms with E-state index in [2.05, 4.69) is 10.2 Å². The van der Waals surface area contributed by atoms with Crippen LogP contribution in [0.1, 0.15) is 14.9 Å². The Morgan fingerprint density at radius 2 is 1.36 bits per heavy atom. The standard InChI is InChI=1S/C4H11Cl2N2O2P.2CH4.B/c5-1-3-7-11(9,10)8-4-2-6;;;/h1-4H2,(H3,7,8,9,10);2*1H4;. The average Bonchev–Trinajstić information content (AvgIpc) is 1.97. The van der Waals surface area contributed by atoms with Crippen LogP contribution in [0.15, 0.2) is 0 Å². The fourth-order valence-electron chi connectivity index (χ4n) is 0.444. The fourth-order valence-corrected chi connectivity index (χ4v) is 1.84. The number of hydrogen-bond acceptors (Lipinski definition) is 1. The number of alkyl halides is 2. The Morgan fingerprint density at radius 1 is 1.07 bits per heavy atom. The molecule has 0 saturated carbocycles. The Labute approximate surface area is 98.9 Å². The molecule has 0 spiro atoms. The first-order valence-electron chi connectivity index (χ1n) is 3.07. The minimum atomic E-state index is -3.39. The van der Waals surface area contributed by atoms with E-state index in [1.165, 1.54) is 0 Å². The Bertz CT molecular complexity index is 142. The minimum Gasteiger partial charge on any atom is -0.322 e. The lowest BCUT2D eigenvalue weighted by Crippen LogP contribution is -2.24. The zero-order valence-corrected chi connectivity index (χ0v) is 8.87. The van der Waals surface area contributed by atoms with Gasteiger partial charge in [0.2, 0.25) is 0 Å². The van der Waals surface area contributed by atoms with Crippen LogP contribution in [0.5, 0.6) is 0 Å². The normalized spacial score (nSPS) is 9.36. The van der Waals surface area contributed by atoms with E-state index >= 15 is 0 Å². The summed E-state index contributed by atoms with van der Waals surface area (Å²) < 4.78 is 10.9. The van der Waals surface area contributed by atoms with Gasteiger partial charge in [-0.2, -0.15) is 0 Å². The van der Waals surface area contributed by atoms with Gasteiger partial charge in [0, 0.05) is 33.3 Å². The number of hydrogen-bond donors (Lipinski definition) is 3. The molecule has 0 aromatic rings. The van der Waals surface area contributed by atoms with E-state index in [0.717, 1.165) is 0 Å². The van der Waals surface area contributed by atoms with Crippen LogP contribution in [-0.4, -0.2) is 38.2 Å². The van der Waals surface area contributed by atoms with E-state index in [1.54, 1.807) is 0 Å². The molecular weight excluding hydrogens is 245 g/mol. The third-order valence-corrected chi connectivity index (χ3v) is 2.52. The maximum atomic E-state index is 10.9. The van der Waals surface area contributed by atoms with Crippen LogP contribution in [0.25, 0.3) is 0 Å². The Balaban J connectivity index is -0.000000167. The monoisotopic (exact) mass is 263 g/mol. The first-order valence-corrected chi connectivity index (χ1v) is 5.80. The van der Waals surface area contributed by atoms with Crippen molar-refractivity contribution in [3.63, 3.8) is 0 Å². The smallest absolute Gasteiger partial charge is 0.322 e. The summed E-state index contributed by atoms with van der Waals surface area (Å²) in [6.07, 6.45) is 0.